The number of primary amides is 1. The van der Waals surface area contributed by atoms with Crippen LogP contribution in [0.1, 0.15) is 83.8 Å². The Morgan fingerprint density at radius 2 is 1.14 bits per heavy atom. The van der Waals surface area contributed by atoms with Crippen LogP contribution in [0.15, 0.2) is 85.8 Å². The van der Waals surface area contributed by atoms with Crippen molar-refractivity contribution in [3.63, 3.8) is 0 Å². The van der Waals surface area contributed by atoms with Crippen LogP contribution in [0.5, 0.6) is 0 Å². The van der Waals surface area contributed by atoms with Gasteiger partial charge in [0.05, 0.1) is 31.3 Å². The number of nitrogens with two attached hydrogens (primary N) is 2. The van der Waals surface area contributed by atoms with E-state index in [1.807, 2.05) is 82.3 Å². The molecule has 5 rings (SSSR count). The van der Waals surface area contributed by atoms with Gasteiger partial charge in [0.15, 0.2) is 0 Å². The van der Waals surface area contributed by atoms with Gasteiger partial charge < -0.3 is 69.0 Å². The van der Waals surface area contributed by atoms with Gasteiger partial charge in [-0.15, -0.1) is 0 Å². The minimum absolute atomic E-state index is 0.0199. The molecule has 8 atom stereocenters. The van der Waals surface area contributed by atoms with Crippen LogP contribution in [-0.2, 0) is 64.0 Å². The van der Waals surface area contributed by atoms with Crippen molar-refractivity contribution in [3.8, 4) is 0 Å². The second kappa shape index (κ2) is 29.4. The molecule has 0 saturated heterocycles. The molecule has 0 aliphatic heterocycles. The average molecular weight is 1060 g/mol. The van der Waals surface area contributed by atoms with Crippen LogP contribution in [-0.4, -0.2) is 134 Å². The van der Waals surface area contributed by atoms with Crippen LogP contribution in [0, 0.1) is 17.8 Å². The summed E-state index contributed by atoms with van der Waals surface area (Å²) in [6, 6.07) is 8.57. The smallest absolute Gasteiger partial charge is 0.243 e. The number of rotatable bonds is 31. The van der Waals surface area contributed by atoms with Gasteiger partial charge in [-0.2, -0.15) is 0 Å². The van der Waals surface area contributed by atoms with E-state index >= 15 is 0 Å². The van der Waals surface area contributed by atoms with Crippen LogP contribution in [0.25, 0.3) is 10.9 Å². The number of nitrogens with zero attached hydrogens (tertiary/aromatic N) is 2. The lowest BCUT2D eigenvalue weighted by Crippen LogP contribution is -2.60. The first-order chi connectivity index (χ1) is 36.7. The Morgan fingerprint density at radius 3 is 1.74 bits per heavy atom. The summed E-state index contributed by atoms with van der Waals surface area (Å²) in [5, 5.41) is 23.2. The van der Waals surface area contributed by atoms with Crippen molar-refractivity contribution in [1.29, 1.82) is 0 Å². The van der Waals surface area contributed by atoms with Crippen LogP contribution >= 0.6 is 0 Å². The number of hydrogen-bond acceptors (Lipinski definition) is 12. The van der Waals surface area contributed by atoms with Gasteiger partial charge >= 0.3 is 0 Å². The number of benzene rings is 2. The van der Waals surface area contributed by atoms with E-state index in [9.17, 15) is 38.4 Å². The molecule has 0 saturated carbocycles. The summed E-state index contributed by atoms with van der Waals surface area (Å²) >= 11 is 0. The van der Waals surface area contributed by atoms with Gasteiger partial charge in [0.2, 0.25) is 47.3 Å². The number of nitrogens with one attached hydrogen (secondary N) is 11. The summed E-state index contributed by atoms with van der Waals surface area (Å²) in [7, 11) is 0. The Morgan fingerprint density at radius 1 is 0.571 bits per heavy atom. The molecule has 0 aliphatic carbocycles. The zero-order chi connectivity index (χ0) is 56.2. The summed E-state index contributed by atoms with van der Waals surface area (Å²) in [5.41, 5.74) is 15.4. The van der Waals surface area contributed by atoms with Crippen LogP contribution < -0.4 is 54.0 Å². The van der Waals surface area contributed by atoms with Crippen LogP contribution in [0.2, 0.25) is 0 Å². The number of carbonyl (C=O) groups excluding carboxylic acids is 8. The number of H-pyrrole nitrogens is 3. The molecule has 23 heteroatoms. The second-order valence-corrected chi connectivity index (χ2v) is 20.7. The first-order valence-corrected chi connectivity index (χ1v) is 26.1. The molecule has 0 fully saturated rings. The highest BCUT2D eigenvalue weighted by Crippen LogP contribution is 2.20. The van der Waals surface area contributed by atoms with Gasteiger partial charge in [0.25, 0.3) is 0 Å². The molecule has 0 radical (unpaired) electrons. The fourth-order valence-electron chi connectivity index (χ4n) is 8.73. The maximum Gasteiger partial charge on any atom is 0.243 e. The topological polar surface area (TPSA) is 358 Å². The lowest BCUT2D eigenvalue weighted by molar-refractivity contribution is -0.135. The third-order valence-electron chi connectivity index (χ3n) is 12.8. The maximum atomic E-state index is 14.3. The van der Waals surface area contributed by atoms with E-state index in [1.54, 1.807) is 20.0 Å². The van der Waals surface area contributed by atoms with E-state index < -0.39 is 108 Å². The standard InChI is InChI=1S/C54H77N15O8/c1-30(2)17-38(26-60-42(48(56)71)18-31(3)4)65-52(75)44(21-36-24-57-28-62-36)66-46(70)27-61-54(77)47(32(5)6)69-49(72)33(7)64-51(74)43(20-35-23-59-41-16-12-11-15-39(35)41)68-53(76)45(22-37-25-58-29-63-37)67-50(73)40(55)19-34-13-9-8-10-14-34/h8-16,23-25,28-33,38,40,42-45,47,59-60H,17-22,26-27,55H2,1-7H3,(H2,56,71)(H,57,62)(H,58,63)(H,61,77)(H,64,74)(H,65,75)(H,66,70)(H,67,73)(H,68,76)(H,69,72)/t33-,38-,40+,42-,43-,44-,45-,47-/m0/s1. The minimum Gasteiger partial charge on any atom is -0.368 e. The third kappa shape index (κ3) is 19.3. The summed E-state index contributed by atoms with van der Waals surface area (Å²) < 4.78 is 0. The molecule has 23 nitrogen and oxygen atoms in total. The number of amides is 8. The van der Waals surface area contributed by atoms with E-state index in [-0.39, 0.29) is 44.1 Å². The monoisotopic (exact) mass is 1060 g/mol. The highest BCUT2D eigenvalue weighted by atomic mass is 16.2. The molecule has 416 valence electrons. The summed E-state index contributed by atoms with van der Waals surface area (Å²) in [6.07, 6.45) is 8.91. The summed E-state index contributed by atoms with van der Waals surface area (Å²) in [4.78, 5) is 126. The van der Waals surface area contributed by atoms with Gasteiger partial charge in [-0.05, 0) is 61.1 Å². The Bertz CT molecular complexity index is 2710. The van der Waals surface area contributed by atoms with E-state index in [2.05, 4.69) is 67.5 Å². The number of imidazole rings is 2. The lowest BCUT2D eigenvalue weighted by Gasteiger charge is -2.27. The van der Waals surface area contributed by atoms with Gasteiger partial charge in [0.1, 0.15) is 30.2 Å². The Labute approximate surface area is 448 Å². The highest BCUT2D eigenvalue weighted by molar-refractivity contribution is 5.97. The van der Waals surface area contributed by atoms with Crippen molar-refractivity contribution in [3.05, 3.63) is 108 Å². The second-order valence-electron chi connectivity index (χ2n) is 20.7. The lowest BCUT2D eigenvalue weighted by atomic mass is 10.0. The van der Waals surface area contributed by atoms with Crippen molar-refractivity contribution < 1.29 is 38.4 Å². The normalized spacial score (nSPS) is 14.6. The molecule has 3 aromatic heterocycles. The average Bonchev–Trinajstić information content (AvgIpc) is 4.19. The van der Waals surface area contributed by atoms with Gasteiger partial charge in [-0.1, -0.05) is 90.1 Å². The molecule has 0 unspecified atom stereocenters. The molecule has 2 aromatic carbocycles. The molecule has 3 heterocycles. The van der Waals surface area contributed by atoms with Gasteiger partial charge in [-0.25, -0.2) is 9.97 Å². The predicted molar refractivity (Wildman–Crippen MR) is 290 cm³/mol. The largest absolute Gasteiger partial charge is 0.368 e. The number of carbonyl (C=O) groups is 8. The third-order valence-corrected chi connectivity index (χ3v) is 12.8. The van der Waals surface area contributed by atoms with Crippen molar-refractivity contribution in [2.45, 2.75) is 135 Å². The van der Waals surface area contributed by atoms with Crippen molar-refractivity contribution in [1.82, 2.24) is 67.5 Å². The van der Waals surface area contributed by atoms with E-state index in [0.29, 0.717) is 29.8 Å². The summed E-state index contributed by atoms with van der Waals surface area (Å²) in [5.74, 6) is -5.30. The first-order valence-electron chi connectivity index (χ1n) is 26.1. The predicted octanol–water partition coefficient (Wildman–Crippen LogP) is 0.449. The number of para-hydroxylation sites is 1. The molecule has 5 aromatic rings. The van der Waals surface area contributed by atoms with E-state index in [1.165, 1.54) is 32.0 Å². The molecular formula is C54H77N15O8. The molecule has 77 heavy (non-hydrogen) atoms. The van der Waals surface area contributed by atoms with Crippen molar-refractivity contribution in [2.24, 2.45) is 29.2 Å². The van der Waals surface area contributed by atoms with E-state index in [0.717, 1.165) is 16.5 Å². The molecule has 15 N–H and O–H groups in total. The maximum absolute atomic E-state index is 14.3. The fourth-order valence-corrected chi connectivity index (χ4v) is 8.73. The first kappa shape index (κ1) is 60.0. The van der Waals surface area contributed by atoms with Crippen molar-refractivity contribution in [2.75, 3.05) is 13.1 Å². The van der Waals surface area contributed by atoms with Crippen molar-refractivity contribution >= 4 is 58.2 Å². The Hall–Kier alpha value is -7.92. The van der Waals surface area contributed by atoms with Gasteiger partial charge in [-0.3, -0.25) is 38.4 Å². The van der Waals surface area contributed by atoms with Gasteiger partial charge in [0, 0.05) is 72.7 Å². The summed E-state index contributed by atoms with van der Waals surface area (Å²) in [6.45, 7) is 12.4. The molecule has 0 bridgehead atoms. The number of fused-ring (bicyclic) bond motifs is 1. The van der Waals surface area contributed by atoms with Crippen LogP contribution in [0.3, 0.4) is 0 Å². The highest BCUT2D eigenvalue weighted by Gasteiger charge is 2.33. The minimum atomic E-state index is -1.28. The quantitative estimate of drug-likeness (QED) is 0.0288. The number of aromatic amines is 3. The number of hydrogen-bond donors (Lipinski definition) is 13. The molecule has 0 spiro atoms. The Balaban J connectivity index is 1.24. The number of aromatic nitrogens is 5. The SMILES string of the molecule is CC(C)C[C@@H](CN[C@@H](CC(C)C)C(N)=O)NC(=O)[C@H](Cc1cnc[nH]1)NC(=O)CNC(=O)[C@@H](NC(=O)[C@H](C)NC(=O)[C@H](Cc1c[nH]c2ccccc12)NC(=O)[C@H](Cc1cnc[nH]1)NC(=O)[C@H](N)Cc1ccccc1)C(C)C. The van der Waals surface area contributed by atoms with Crippen LogP contribution in [0.4, 0.5) is 0 Å². The Kier molecular flexibility index (Phi) is 22.9. The van der Waals surface area contributed by atoms with E-state index in [4.69, 9.17) is 11.5 Å². The molecular weight excluding hydrogens is 987 g/mol. The molecule has 0 aliphatic rings. The fraction of sp³-hybridized carbons (Fsp3) is 0.481. The molecule has 8 amide bonds. The zero-order valence-corrected chi connectivity index (χ0v) is 44.9. The zero-order valence-electron chi connectivity index (χ0n) is 44.9.